The molecule has 2 heteroatoms. The van der Waals surface area contributed by atoms with Gasteiger partial charge in [0.15, 0.2) is 0 Å². The summed E-state index contributed by atoms with van der Waals surface area (Å²) in [4.78, 5) is 0. The first-order valence-electron chi connectivity index (χ1n) is 9.94. The third-order valence-electron chi connectivity index (χ3n) is 4.89. The van der Waals surface area contributed by atoms with Gasteiger partial charge in [-0.1, -0.05) is 62.1 Å². The summed E-state index contributed by atoms with van der Waals surface area (Å²) in [6.07, 6.45) is 2.99. The molecule has 0 fully saturated rings. The molecular formula is C27H26FN. The monoisotopic (exact) mass is 383 g/mol. The fourth-order valence-electron chi connectivity index (χ4n) is 3.21. The zero-order valence-electron chi connectivity index (χ0n) is 17.1. The van der Waals surface area contributed by atoms with Crippen LogP contribution in [0.1, 0.15) is 48.9 Å². The Hall–Kier alpha value is -3.31. The quantitative estimate of drug-likeness (QED) is 0.378. The van der Waals surface area contributed by atoms with Gasteiger partial charge < -0.3 is 5.73 Å². The minimum absolute atomic E-state index is 0.275. The van der Waals surface area contributed by atoms with Crippen LogP contribution in [-0.2, 0) is 6.42 Å². The molecule has 0 spiro atoms. The van der Waals surface area contributed by atoms with Crippen LogP contribution in [-0.4, -0.2) is 0 Å². The first-order valence-corrected chi connectivity index (χ1v) is 9.94. The van der Waals surface area contributed by atoms with Crippen molar-refractivity contribution in [2.45, 2.75) is 33.1 Å². The lowest BCUT2D eigenvalue weighted by atomic mass is 9.96. The molecule has 0 atom stereocenters. The van der Waals surface area contributed by atoms with Crippen molar-refractivity contribution < 1.29 is 4.39 Å². The number of benzene rings is 3. The fourth-order valence-corrected chi connectivity index (χ4v) is 3.21. The van der Waals surface area contributed by atoms with E-state index in [1.807, 2.05) is 61.5 Å². The number of hydrogen-bond acceptors (Lipinski definition) is 1. The van der Waals surface area contributed by atoms with Gasteiger partial charge in [0.2, 0.25) is 0 Å². The second kappa shape index (κ2) is 9.26. The van der Waals surface area contributed by atoms with Crippen LogP contribution in [0.3, 0.4) is 0 Å². The van der Waals surface area contributed by atoms with Crippen LogP contribution in [0.5, 0.6) is 0 Å². The van der Waals surface area contributed by atoms with E-state index in [-0.39, 0.29) is 5.82 Å². The largest absolute Gasteiger partial charge is 0.399 e. The SMILES string of the molecule is C=C(C)c1cc(CCCC)cc(F)c1C#Cc1ccc(-c2ccc(N)cc2)cc1. The van der Waals surface area contributed by atoms with E-state index in [1.54, 1.807) is 6.07 Å². The summed E-state index contributed by atoms with van der Waals surface area (Å²) < 4.78 is 14.8. The van der Waals surface area contributed by atoms with Gasteiger partial charge in [-0.3, -0.25) is 0 Å². The Morgan fingerprint density at radius 2 is 1.59 bits per heavy atom. The van der Waals surface area contributed by atoms with E-state index in [9.17, 15) is 4.39 Å². The Morgan fingerprint density at radius 1 is 0.966 bits per heavy atom. The Labute approximate surface area is 173 Å². The number of halogens is 1. The van der Waals surface area contributed by atoms with Gasteiger partial charge in [-0.05, 0) is 77.9 Å². The van der Waals surface area contributed by atoms with E-state index in [0.717, 1.165) is 58.3 Å². The minimum atomic E-state index is -0.275. The van der Waals surface area contributed by atoms with Gasteiger partial charge in [0, 0.05) is 11.3 Å². The van der Waals surface area contributed by atoms with Gasteiger partial charge in [0.25, 0.3) is 0 Å². The highest BCUT2D eigenvalue weighted by molar-refractivity contribution is 5.70. The number of allylic oxidation sites excluding steroid dienone is 1. The molecule has 0 bridgehead atoms. The van der Waals surface area contributed by atoms with Crippen LogP contribution in [0.2, 0.25) is 0 Å². The maximum atomic E-state index is 14.8. The van der Waals surface area contributed by atoms with Crippen molar-refractivity contribution in [3.05, 3.63) is 95.3 Å². The Morgan fingerprint density at radius 3 is 2.17 bits per heavy atom. The van der Waals surface area contributed by atoms with Gasteiger partial charge in [-0.25, -0.2) is 4.39 Å². The maximum Gasteiger partial charge on any atom is 0.139 e. The molecule has 2 N–H and O–H groups in total. The summed E-state index contributed by atoms with van der Waals surface area (Å²) in [6.45, 7) is 8.04. The lowest BCUT2D eigenvalue weighted by Crippen LogP contribution is -1.96. The van der Waals surface area contributed by atoms with Gasteiger partial charge in [-0.2, -0.15) is 0 Å². The van der Waals surface area contributed by atoms with Crippen LogP contribution >= 0.6 is 0 Å². The molecule has 0 amide bonds. The number of nitrogen functional groups attached to an aromatic ring is 1. The molecule has 0 aromatic heterocycles. The molecule has 0 aliphatic carbocycles. The average molecular weight is 384 g/mol. The number of nitrogens with two attached hydrogens (primary N) is 1. The van der Waals surface area contributed by atoms with Crippen LogP contribution < -0.4 is 5.73 Å². The number of anilines is 1. The third-order valence-corrected chi connectivity index (χ3v) is 4.89. The van der Waals surface area contributed by atoms with E-state index in [1.165, 1.54) is 0 Å². The normalized spacial score (nSPS) is 10.3. The van der Waals surface area contributed by atoms with Gasteiger partial charge in [0.1, 0.15) is 5.82 Å². The summed E-state index contributed by atoms with van der Waals surface area (Å²) in [7, 11) is 0. The van der Waals surface area contributed by atoms with E-state index < -0.39 is 0 Å². The molecule has 0 saturated heterocycles. The van der Waals surface area contributed by atoms with Crippen molar-refractivity contribution >= 4 is 11.3 Å². The van der Waals surface area contributed by atoms with Gasteiger partial charge >= 0.3 is 0 Å². The standard InChI is InChI=1S/C27H26FN/c1-4-5-6-21-17-26(19(2)3)25(27(28)18-21)16-9-20-7-10-22(11-8-20)23-12-14-24(29)15-13-23/h7-8,10-15,17-18H,2,4-6,29H2,1,3H3. The van der Waals surface area contributed by atoms with Crippen LogP contribution in [0.25, 0.3) is 16.7 Å². The van der Waals surface area contributed by atoms with Crippen LogP contribution in [0.4, 0.5) is 10.1 Å². The molecule has 3 aromatic rings. The first-order chi connectivity index (χ1) is 14.0. The van der Waals surface area contributed by atoms with Crippen molar-refractivity contribution in [3.8, 4) is 23.0 Å². The average Bonchev–Trinajstić information content (AvgIpc) is 2.72. The second-order valence-electron chi connectivity index (χ2n) is 7.33. The van der Waals surface area contributed by atoms with E-state index >= 15 is 0 Å². The topological polar surface area (TPSA) is 26.0 Å². The Kier molecular flexibility index (Phi) is 6.52. The molecule has 0 aliphatic rings. The second-order valence-corrected chi connectivity index (χ2v) is 7.33. The Balaban J connectivity index is 1.88. The summed E-state index contributed by atoms with van der Waals surface area (Å²) in [5.41, 5.74) is 12.5. The predicted octanol–water partition coefficient (Wildman–Crippen LogP) is 6.85. The maximum absolute atomic E-state index is 14.8. The van der Waals surface area contributed by atoms with Gasteiger partial charge in [-0.15, -0.1) is 0 Å². The summed E-state index contributed by atoms with van der Waals surface area (Å²) in [5.74, 6) is 5.85. The number of hydrogen-bond donors (Lipinski definition) is 1. The molecular weight excluding hydrogens is 357 g/mol. The van der Waals surface area contributed by atoms with Crippen LogP contribution in [0.15, 0.2) is 67.2 Å². The van der Waals surface area contributed by atoms with Gasteiger partial charge in [0.05, 0.1) is 5.56 Å². The molecule has 0 heterocycles. The van der Waals surface area contributed by atoms with E-state index in [4.69, 9.17) is 5.73 Å². The van der Waals surface area contributed by atoms with E-state index in [2.05, 4.69) is 25.3 Å². The molecule has 3 aromatic carbocycles. The highest BCUT2D eigenvalue weighted by Gasteiger charge is 2.10. The summed E-state index contributed by atoms with van der Waals surface area (Å²) >= 11 is 0. The lowest BCUT2D eigenvalue weighted by Gasteiger charge is -2.09. The fraction of sp³-hybridized carbons (Fsp3) is 0.185. The first kappa shape index (κ1) is 20.4. The van der Waals surface area contributed by atoms with Crippen molar-refractivity contribution in [3.63, 3.8) is 0 Å². The number of unbranched alkanes of at least 4 members (excludes halogenated alkanes) is 1. The zero-order chi connectivity index (χ0) is 20.8. The molecule has 146 valence electrons. The summed E-state index contributed by atoms with van der Waals surface area (Å²) in [6, 6.07) is 19.3. The van der Waals surface area contributed by atoms with Crippen LogP contribution in [0, 0.1) is 17.7 Å². The molecule has 0 radical (unpaired) electrons. The highest BCUT2D eigenvalue weighted by Crippen LogP contribution is 2.24. The Bertz CT molecular complexity index is 1060. The third kappa shape index (κ3) is 5.15. The van der Waals surface area contributed by atoms with Crippen molar-refractivity contribution in [2.75, 3.05) is 5.73 Å². The smallest absolute Gasteiger partial charge is 0.139 e. The van der Waals surface area contributed by atoms with Crippen molar-refractivity contribution in [2.24, 2.45) is 0 Å². The molecule has 0 saturated carbocycles. The molecule has 29 heavy (non-hydrogen) atoms. The molecule has 0 aliphatic heterocycles. The van der Waals surface area contributed by atoms with E-state index in [0.29, 0.717) is 5.56 Å². The van der Waals surface area contributed by atoms with Crippen molar-refractivity contribution in [1.29, 1.82) is 0 Å². The highest BCUT2D eigenvalue weighted by atomic mass is 19.1. The van der Waals surface area contributed by atoms with Crippen molar-refractivity contribution in [1.82, 2.24) is 0 Å². The zero-order valence-corrected chi connectivity index (χ0v) is 17.1. The molecule has 1 nitrogen and oxygen atoms in total. The summed E-state index contributed by atoms with van der Waals surface area (Å²) in [5, 5.41) is 0. The number of aryl methyl sites for hydroxylation is 1. The molecule has 3 rings (SSSR count). The molecule has 0 unspecified atom stereocenters. The minimum Gasteiger partial charge on any atom is -0.399 e. The predicted molar refractivity (Wildman–Crippen MR) is 122 cm³/mol. The lowest BCUT2D eigenvalue weighted by molar-refractivity contribution is 0.620. The number of rotatable bonds is 5.